The number of halogens is 2. The molecule has 0 saturated heterocycles. The normalized spacial score (nSPS) is 10.3. The summed E-state index contributed by atoms with van der Waals surface area (Å²) in [7, 11) is 3.87. The van der Waals surface area contributed by atoms with Crippen LogP contribution in [0.4, 0.5) is 21.5 Å². The molecule has 0 bridgehead atoms. The Bertz CT molecular complexity index is 671. The molecule has 0 fully saturated rings. The average molecular weight is 352 g/mol. The largest absolute Gasteiger partial charge is 0.396 e. The molecule has 1 amide bonds. The van der Waals surface area contributed by atoms with Crippen LogP contribution in [0.15, 0.2) is 40.9 Å². The van der Waals surface area contributed by atoms with Gasteiger partial charge in [0.15, 0.2) is 0 Å². The van der Waals surface area contributed by atoms with Gasteiger partial charge in [0.05, 0.1) is 11.3 Å². The molecule has 0 heterocycles. The molecule has 0 unspecified atom stereocenters. The fraction of sp³-hybridized carbons (Fsp3) is 0.133. The highest BCUT2D eigenvalue weighted by atomic mass is 79.9. The summed E-state index contributed by atoms with van der Waals surface area (Å²) < 4.78 is 13.6. The Kier molecular flexibility index (Phi) is 4.47. The molecule has 2 aromatic carbocycles. The van der Waals surface area contributed by atoms with Crippen LogP contribution in [0.1, 0.15) is 10.4 Å². The Morgan fingerprint density at radius 3 is 2.43 bits per heavy atom. The van der Waals surface area contributed by atoms with Crippen LogP contribution in [0.3, 0.4) is 0 Å². The number of benzene rings is 2. The summed E-state index contributed by atoms with van der Waals surface area (Å²) in [6.45, 7) is 0. The van der Waals surface area contributed by atoms with E-state index in [1.54, 1.807) is 12.1 Å². The highest BCUT2D eigenvalue weighted by Gasteiger charge is 2.13. The fourth-order valence-electron chi connectivity index (χ4n) is 1.78. The number of hydrogen-bond donors (Lipinski definition) is 2. The van der Waals surface area contributed by atoms with Gasteiger partial charge >= 0.3 is 0 Å². The second-order valence-electron chi connectivity index (χ2n) is 4.75. The molecule has 4 nitrogen and oxygen atoms in total. The summed E-state index contributed by atoms with van der Waals surface area (Å²) in [6, 6.07) is 9.87. The third-order valence-corrected chi connectivity index (χ3v) is 3.63. The molecule has 21 heavy (non-hydrogen) atoms. The van der Waals surface area contributed by atoms with Gasteiger partial charge in [0.1, 0.15) is 5.82 Å². The van der Waals surface area contributed by atoms with Gasteiger partial charge < -0.3 is 16.0 Å². The van der Waals surface area contributed by atoms with E-state index in [0.29, 0.717) is 10.2 Å². The quantitative estimate of drug-likeness (QED) is 0.832. The zero-order valence-electron chi connectivity index (χ0n) is 11.7. The molecule has 0 spiro atoms. The van der Waals surface area contributed by atoms with Crippen molar-refractivity contribution in [2.24, 2.45) is 0 Å². The molecule has 0 atom stereocenters. The number of nitrogens with two attached hydrogens (primary N) is 1. The van der Waals surface area contributed by atoms with Crippen molar-refractivity contribution in [3.63, 3.8) is 0 Å². The number of carbonyl (C=O) groups is 1. The van der Waals surface area contributed by atoms with Gasteiger partial charge in [-0.3, -0.25) is 4.79 Å². The van der Waals surface area contributed by atoms with E-state index < -0.39 is 5.82 Å². The standard InChI is InChI=1S/C15H15BrFN3O/c1-20(2)10-5-3-9(4-6-10)19-15(21)11-7-14(18)13(17)8-12(11)16/h3-8H,18H2,1-2H3,(H,19,21). The molecule has 0 aliphatic rings. The summed E-state index contributed by atoms with van der Waals surface area (Å²) in [6.07, 6.45) is 0. The van der Waals surface area contributed by atoms with Gasteiger partial charge in [-0.25, -0.2) is 4.39 Å². The predicted octanol–water partition coefficient (Wildman–Crippen LogP) is 3.49. The van der Waals surface area contributed by atoms with Crippen molar-refractivity contribution in [3.8, 4) is 0 Å². The Morgan fingerprint density at radius 1 is 1.24 bits per heavy atom. The van der Waals surface area contributed by atoms with Crippen molar-refractivity contribution in [1.29, 1.82) is 0 Å². The lowest BCUT2D eigenvalue weighted by molar-refractivity contribution is 0.102. The second-order valence-corrected chi connectivity index (χ2v) is 5.60. The van der Waals surface area contributed by atoms with Crippen molar-refractivity contribution in [1.82, 2.24) is 0 Å². The molecule has 2 aromatic rings. The van der Waals surface area contributed by atoms with Gasteiger partial charge in [-0.15, -0.1) is 0 Å². The average Bonchev–Trinajstić information content (AvgIpc) is 2.43. The first-order chi connectivity index (χ1) is 9.88. The first-order valence-electron chi connectivity index (χ1n) is 6.21. The van der Waals surface area contributed by atoms with E-state index in [0.717, 1.165) is 5.69 Å². The molecular formula is C15H15BrFN3O. The van der Waals surface area contributed by atoms with Crippen LogP contribution in [0.5, 0.6) is 0 Å². The number of nitrogens with one attached hydrogen (secondary N) is 1. The zero-order valence-corrected chi connectivity index (χ0v) is 13.2. The molecule has 6 heteroatoms. The molecular weight excluding hydrogens is 337 g/mol. The summed E-state index contributed by atoms with van der Waals surface area (Å²) in [5.74, 6) is -0.917. The van der Waals surface area contributed by atoms with E-state index in [-0.39, 0.29) is 17.2 Å². The number of hydrogen-bond acceptors (Lipinski definition) is 3. The summed E-state index contributed by atoms with van der Waals surface area (Å²) in [5.41, 5.74) is 7.39. The first-order valence-corrected chi connectivity index (χ1v) is 7.01. The van der Waals surface area contributed by atoms with Crippen LogP contribution < -0.4 is 16.0 Å². The minimum atomic E-state index is -0.561. The number of amides is 1. The summed E-state index contributed by atoms with van der Waals surface area (Å²) in [5, 5.41) is 2.75. The van der Waals surface area contributed by atoms with E-state index in [4.69, 9.17) is 5.73 Å². The van der Waals surface area contributed by atoms with E-state index in [1.165, 1.54) is 12.1 Å². The molecule has 0 aromatic heterocycles. The lowest BCUT2D eigenvalue weighted by Crippen LogP contribution is -2.14. The summed E-state index contributed by atoms with van der Waals surface area (Å²) in [4.78, 5) is 14.1. The van der Waals surface area contributed by atoms with Crippen LogP contribution in [0.25, 0.3) is 0 Å². The van der Waals surface area contributed by atoms with E-state index in [2.05, 4.69) is 21.2 Å². The molecule has 0 saturated carbocycles. The van der Waals surface area contributed by atoms with Crippen LogP contribution in [0.2, 0.25) is 0 Å². The Hall–Kier alpha value is -2.08. The molecule has 0 radical (unpaired) electrons. The number of nitrogens with zero attached hydrogens (tertiary/aromatic N) is 1. The predicted molar refractivity (Wildman–Crippen MR) is 87.2 cm³/mol. The van der Waals surface area contributed by atoms with Crippen molar-refractivity contribution < 1.29 is 9.18 Å². The van der Waals surface area contributed by atoms with E-state index in [1.807, 2.05) is 31.1 Å². The van der Waals surface area contributed by atoms with Gasteiger partial charge in [0.2, 0.25) is 0 Å². The Morgan fingerprint density at radius 2 is 1.86 bits per heavy atom. The topological polar surface area (TPSA) is 58.4 Å². The Balaban J connectivity index is 2.20. The van der Waals surface area contributed by atoms with Gasteiger partial charge in [0.25, 0.3) is 5.91 Å². The summed E-state index contributed by atoms with van der Waals surface area (Å²) >= 11 is 3.16. The molecule has 0 aliphatic heterocycles. The van der Waals surface area contributed by atoms with E-state index >= 15 is 0 Å². The number of carbonyl (C=O) groups excluding carboxylic acids is 1. The monoisotopic (exact) mass is 351 g/mol. The van der Waals surface area contributed by atoms with Crippen molar-refractivity contribution >= 4 is 38.9 Å². The fourth-order valence-corrected chi connectivity index (χ4v) is 2.28. The third-order valence-electron chi connectivity index (χ3n) is 2.97. The maximum absolute atomic E-state index is 13.3. The van der Waals surface area contributed by atoms with Crippen LogP contribution in [-0.4, -0.2) is 20.0 Å². The van der Waals surface area contributed by atoms with Crippen LogP contribution >= 0.6 is 15.9 Å². The van der Waals surface area contributed by atoms with E-state index in [9.17, 15) is 9.18 Å². The molecule has 0 aliphatic carbocycles. The Labute approximate surface area is 130 Å². The smallest absolute Gasteiger partial charge is 0.256 e. The third kappa shape index (κ3) is 3.52. The van der Waals surface area contributed by atoms with Gasteiger partial charge in [-0.05, 0) is 52.3 Å². The number of rotatable bonds is 3. The van der Waals surface area contributed by atoms with Crippen LogP contribution in [0, 0.1) is 5.82 Å². The van der Waals surface area contributed by atoms with Crippen LogP contribution in [-0.2, 0) is 0 Å². The number of nitrogen functional groups attached to an aromatic ring is 1. The minimum absolute atomic E-state index is 0.0636. The maximum Gasteiger partial charge on any atom is 0.256 e. The van der Waals surface area contributed by atoms with Gasteiger partial charge in [-0.1, -0.05) is 0 Å². The highest BCUT2D eigenvalue weighted by molar-refractivity contribution is 9.10. The van der Waals surface area contributed by atoms with Gasteiger partial charge in [0, 0.05) is 29.9 Å². The van der Waals surface area contributed by atoms with Crippen molar-refractivity contribution in [2.45, 2.75) is 0 Å². The highest BCUT2D eigenvalue weighted by Crippen LogP contribution is 2.24. The number of anilines is 3. The SMILES string of the molecule is CN(C)c1ccc(NC(=O)c2cc(N)c(F)cc2Br)cc1. The minimum Gasteiger partial charge on any atom is -0.396 e. The van der Waals surface area contributed by atoms with Crippen molar-refractivity contribution in [3.05, 3.63) is 52.3 Å². The molecule has 3 N–H and O–H groups in total. The first kappa shape index (κ1) is 15.3. The second kappa shape index (κ2) is 6.13. The maximum atomic E-state index is 13.3. The van der Waals surface area contributed by atoms with Crippen molar-refractivity contribution in [2.75, 3.05) is 30.0 Å². The molecule has 2 rings (SSSR count). The lowest BCUT2D eigenvalue weighted by Gasteiger charge is -2.13. The lowest BCUT2D eigenvalue weighted by atomic mass is 10.1. The zero-order chi connectivity index (χ0) is 15.6. The van der Waals surface area contributed by atoms with Gasteiger partial charge in [-0.2, -0.15) is 0 Å². The molecule has 110 valence electrons.